The molecule has 2 heterocycles. The van der Waals surface area contributed by atoms with Gasteiger partial charge >= 0.3 is 0 Å². The number of nitrogens with zero attached hydrogens (tertiary/aromatic N) is 2. The molecule has 0 fully saturated rings. The maximum Gasteiger partial charge on any atom is 0.273 e. The van der Waals surface area contributed by atoms with Crippen molar-refractivity contribution in [2.24, 2.45) is 0 Å². The fourth-order valence-corrected chi connectivity index (χ4v) is 4.00. The van der Waals surface area contributed by atoms with Gasteiger partial charge in [0.1, 0.15) is 12.0 Å². The fraction of sp³-hybridized carbons (Fsp3) is 0.320. The Morgan fingerprint density at radius 3 is 2.79 bits per heavy atom. The number of hydrogen-bond acceptors (Lipinski definition) is 6. The third-order valence-electron chi connectivity index (χ3n) is 5.60. The minimum absolute atomic E-state index is 0.0388. The van der Waals surface area contributed by atoms with E-state index in [4.69, 9.17) is 13.9 Å². The van der Waals surface area contributed by atoms with Crippen molar-refractivity contribution in [1.29, 1.82) is 0 Å². The summed E-state index contributed by atoms with van der Waals surface area (Å²) in [4.78, 5) is 30.5. The molecule has 0 saturated carbocycles. The Morgan fingerprint density at radius 2 is 2.03 bits per heavy atom. The van der Waals surface area contributed by atoms with Gasteiger partial charge in [-0.25, -0.2) is 4.98 Å². The van der Waals surface area contributed by atoms with Gasteiger partial charge in [-0.15, -0.1) is 0 Å². The summed E-state index contributed by atoms with van der Waals surface area (Å²) in [5.74, 6) is 0.654. The number of oxazole rings is 1. The SMILES string of the molecule is COCCNC(=O)c1coc(COc2ccc3c(c2)C(c2ccccc2)N(C(C)=O)CC3)n1. The quantitative estimate of drug-likeness (QED) is 0.531. The van der Waals surface area contributed by atoms with Crippen LogP contribution in [-0.4, -0.2) is 48.5 Å². The first kappa shape index (κ1) is 22.5. The lowest BCUT2D eigenvalue weighted by atomic mass is 9.88. The van der Waals surface area contributed by atoms with Crippen LogP contribution in [-0.2, 0) is 22.6 Å². The smallest absolute Gasteiger partial charge is 0.273 e. The number of amides is 2. The van der Waals surface area contributed by atoms with E-state index in [1.165, 1.54) is 11.8 Å². The molecule has 2 aromatic carbocycles. The van der Waals surface area contributed by atoms with Crippen molar-refractivity contribution in [2.75, 3.05) is 26.8 Å². The molecule has 172 valence electrons. The molecule has 0 spiro atoms. The van der Waals surface area contributed by atoms with E-state index >= 15 is 0 Å². The number of benzene rings is 2. The summed E-state index contributed by atoms with van der Waals surface area (Å²) in [6, 6.07) is 15.8. The Morgan fingerprint density at radius 1 is 1.21 bits per heavy atom. The van der Waals surface area contributed by atoms with Crippen LogP contribution in [0, 0.1) is 0 Å². The number of carbonyl (C=O) groups is 2. The van der Waals surface area contributed by atoms with E-state index in [1.54, 1.807) is 14.0 Å². The Hall–Kier alpha value is -3.65. The zero-order valence-corrected chi connectivity index (χ0v) is 18.7. The van der Waals surface area contributed by atoms with Crippen LogP contribution in [0.25, 0.3) is 0 Å². The lowest BCUT2D eigenvalue weighted by molar-refractivity contribution is -0.130. The largest absolute Gasteiger partial charge is 0.484 e. The van der Waals surface area contributed by atoms with Crippen LogP contribution < -0.4 is 10.1 Å². The van der Waals surface area contributed by atoms with Crippen LogP contribution >= 0.6 is 0 Å². The molecule has 0 aliphatic carbocycles. The number of methoxy groups -OCH3 is 1. The molecule has 33 heavy (non-hydrogen) atoms. The maximum absolute atomic E-state index is 12.4. The van der Waals surface area contributed by atoms with Crippen molar-refractivity contribution < 1.29 is 23.5 Å². The molecule has 1 aromatic heterocycles. The summed E-state index contributed by atoms with van der Waals surface area (Å²) < 4.78 is 16.2. The lowest BCUT2D eigenvalue weighted by Gasteiger charge is -2.37. The minimum Gasteiger partial charge on any atom is -0.484 e. The van der Waals surface area contributed by atoms with Gasteiger partial charge in [0.15, 0.2) is 12.3 Å². The molecule has 2 amide bonds. The predicted octanol–water partition coefficient (Wildman–Crippen LogP) is 3.12. The summed E-state index contributed by atoms with van der Waals surface area (Å²) in [5, 5.41) is 2.70. The van der Waals surface area contributed by atoms with Crippen LogP contribution in [0.3, 0.4) is 0 Å². The first-order valence-electron chi connectivity index (χ1n) is 10.9. The zero-order chi connectivity index (χ0) is 23.2. The molecule has 1 aliphatic rings. The van der Waals surface area contributed by atoms with Gasteiger partial charge in [-0.3, -0.25) is 9.59 Å². The van der Waals surface area contributed by atoms with E-state index in [1.807, 2.05) is 53.4 Å². The second-order valence-electron chi connectivity index (χ2n) is 7.80. The van der Waals surface area contributed by atoms with Gasteiger partial charge in [0.2, 0.25) is 11.8 Å². The van der Waals surface area contributed by atoms with E-state index in [-0.39, 0.29) is 30.2 Å². The van der Waals surface area contributed by atoms with Crippen molar-refractivity contribution in [1.82, 2.24) is 15.2 Å². The second kappa shape index (κ2) is 10.3. The maximum atomic E-state index is 12.4. The van der Waals surface area contributed by atoms with Gasteiger partial charge in [-0.1, -0.05) is 36.4 Å². The fourth-order valence-electron chi connectivity index (χ4n) is 4.00. The number of aromatic nitrogens is 1. The molecular formula is C25H27N3O5. The van der Waals surface area contributed by atoms with Gasteiger partial charge in [0.05, 0.1) is 12.6 Å². The van der Waals surface area contributed by atoms with Gasteiger partial charge in [0.25, 0.3) is 5.91 Å². The third kappa shape index (κ3) is 5.23. The van der Waals surface area contributed by atoms with Gasteiger partial charge in [0, 0.05) is 27.1 Å². The standard InChI is InChI=1S/C25H27N3O5/c1-17(29)28-12-10-18-8-9-20(14-21(18)24(28)19-6-4-3-5-7-19)32-16-23-27-22(15-33-23)25(30)26-11-13-31-2/h3-9,14-15,24H,10-13,16H2,1-2H3,(H,26,30). The third-order valence-corrected chi connectivity index (χ3v) is 5.60. The number of rotatable bonds is 8. The molecule has 1 atom stereocenters. The van der Waals surface area contributed by atoms with E-state index in [9.17, 15) is 9.59 Å². The van der Waals surface area contributed by atoms with Crippen LogP contribution in [0.4, 0.5) is 0 Å². The molecule has 8 heteroatoms. The highest BCUT2D eigenvalue weighted by molar-refractivity contribution is 5.91. The van der Waals surface area contributed by atoms with Crippen LogP contribution in [0.2, 0.25) is 0 Å². The van der Waals surface area contributed by atoms with Crippen molar-refractivity contribution in [3.05, 3.63) is 83.1 Å². The molecule has 1 unspecified atom stereocenters. The highest BCUT2D eigenvalue weighted by Crippen LogP contribution is 2.37. The van der Waals surface area contributed by atoms with Crippen LogP contribution in [0.15, 0.2) is 59.2 Å². The van der Waals surface area contributed by atoms with Crippen molar-refractivity contribution in [2.45, 2.75) is 26.0 Å². The summed E-state index contributed by atoms with van der Waals surface area (Å²) in [5.41, 5.74) is 3.49. The molecule has 1 aliphatic heterocycles. The molecular weight excluding hydrogens is 422 g/mol. The first-order valence-corrected chi connectivity index (χ1v) is 10.9. The number of ether oxygens (including phenoxy) is 2. The monoisotopic (exact) mass is 449 g/mol. The highest BCUT2D eigenvalue weighted by atomic mass is 16.5. The van der Waals surface area contributed by atoms with Crippen LogP contribution in [0.1, 0.15) is 46.0 Å². The highest BCUT2D eigenvalue weighted by Gasteiger charge is 2.30. The Bertz CT molecular complexity index is 1110. The minimum atomic E-state index is -0.328. The topological polar surface area (TPSA) is 93.9 Å². The van der Waals surface area contributed by atoms with Gasteiger partial charge in [-0.2, -0.15) is 0 Å². The molecule has 0 bridgehead atoms. The molecule has 1 N–H and O–H groups in total. The predicted molar refractivity (Wildman–Crippen MR) is 121 cm³/mol. The summed E-state index contributed by atoms with van der Waals surface area (Å²) in [7, 11) is 1.57. The number of fused-ring (bicyclic) bond motifs is 1. The van der Waals surface area contributed by atoms with Crippen molar-refractivity contribution >= 4 is 11.8 Å². The zero-order valence-electron chi connectivity index (χ0n) is 18.7. The molecule has 0 saturated heterocycles. The van der Waals surface area contributed by atoms with Gasteiger partial charge in [-0.05, 0) is 35.2 Å². The molecule has 0 radical (unpaired) electrons. The summed E-state index contributed by atoms with van der Waals surface area (Å²) in [6.45, 7) is 3.17. The molecule has 3 aromatic rings. The Labute approximate surface area is 192 Å². The second-order valence-corrected chi connectivity index (χ2v) is 7.80. The number of hydrogen-bond donors (Lipinski definition) is 1. The van der Waals surface area contributed by atoms with Crippen molar-refractivity contribution in [3.63, 3.8) is 0 Å². The van der Waals surface area contributed by atoms with Gasteiger partial charge < -0.3 is 24.1 Å². The van der Waals surface area contributed by atoms with E-state index < -0.39 is 0 Å². The summed E-state index contributed by atoms with van der Waals surface area (Å²) in [6.07, 6.45) is 2.10. The van der Waals surface area contributed by atoms with E-state index in [0.717, 1.165) is 17.5 Å². The molecule has 8 nitrogen and oxygen atoms in total. The Kier molecular flexibility index (Phi) is 7.04. The Balaban J connectivity index is 1.50. The first-order chi connectivity index (χ1) is 16.1. The van der Waals surface area contributed by atoms with Crippen molar-refractivity contribution in [3.8, 4) is 5.75 Å². The average molecular weight is 450 g/mol. The average Bonchev–Trinajstić information content (AvgIpc) is 3.31. The normalized spacial score (nSPS) is 15.1. The molecule has 4 rings (SSSR count). The lowest BCUT2D eigenvalue weighted by Crippen LogP contribution is -2.39. The number of carbonyl (C=O) groups excluding carboxylic acids is 2. The van der Waals surface area contributed by atoms with E-state index in [0.29, 0.717) is 31.3 Å². The summed E-state index contributed by atoms with van der Waals surface area (Å²) >= 11 is 0. The van der Waals surface area contributed by atoms with E-state index in [2.05, 4.69) is 10.3 Å². The number of nitrogens with one attached hydrogen (secondary N) is 1. The van der Waals surface area contributed by atoms with Crippen LogP contribution in [0.5, 0.6) is 5.75 Å².